The highest BCUT2D eigenvalue weighted by Crippen LogP contribution is 2.20. The quantitative estimate of drug-likeness (QED) is 0.460. The molecule has 0 aliphatic heterocycles. The second kappa shape index (κ2) is 8.44. The minimum Gasteiger partial charge on any atom is -0.272 e. The SMILES string of the molecule is O=C(CSc1ccc(Cl)cc1)N/N=C/c1ccc(Cl)cc1Cl. The largest absolute Gasteiger partial charge is 0.272 e. The Morgan fingerprint density at radius 2 is 1.77 bits per heavy atom. The van der Waals surface area contributed by atoms with Gasteiger partial charge in [-0.3, -0.25) is 4.79 Å². The van der Waals surface area contributed by atoms with Crippen molar-refractivity contribution < 1.29 is 4.79 Å². The number of rotatable bonds is 5. The third kappa shape index (κ3) is 5.54. The topological polar surface area (TPSA) is 41.5 Å². The molecule has 0 aliphatic carbocycles. The zero-order valence-corrected chi connectivity index (χ0v) is 14.3. The van der Waals surface area contributed by atoms with Gasteiger partial charge in [0.2, 0.25) is 5.91 Å². The van der Waals surface area contributed by atoms with E-state index in [0.717, 1.165) is 4.90 Å². The predicted molar refractivity (Wildman–Crippen MR) is 94.4 cm³/mol. The Morgan fingerprint density at radius 1 is 1.09 bits per heavy atom. The smallest absolute Gasteiger partial charge is 0.250 e. The van der Waals surface area contributed by atoms with Gasteiger partial charge in [-0.2, -0.15) is 5.10 Å². The van der Waals surface area contributed by atoms with Gasteiger partial charge in [0.25, 0.3) is 0 Å². The molecular formula is C15H11Cl3N2OS. The summed E-state index contributed by atoms with van der Waals surface area (Å²) in [5, 5.41) is 5.56. The van der Waals surface area contributed by atoms with Crippen molar-refractivity contribution in [2.75, 3.05) is 5.75 Å². The van der Waals surface area contributed by atoms with Crippen LogP contribution in [0.1, 0.15) is 5.56 Å². The highest BCUT2D eigenvalue weighted by molar-refractivity contribution is 8.00. The molecule has 2 aromatic carbocycles. The monoisotopic (exact) mass is 372 g/mol. The molecule has 2 aromatic rings. The third-order valence-electron chi connectivity index (χ3n) is 2.54. The van der Waals surface area contributed by atoms with E-state index in [2.05, 4.69) is 10.5 Å². The van der Waals surface area contributed by atoms with Crippen LogP contribution in [0.2, 0.25) is 15.1 Å². The first-order valence-corrected chi connectivity index (χ1v) is 8.32. The first kappa shape index (κ1) is 17.2. The fourth-order valence-electron chi connectivity index (χ4n) is 1.49. The van der Waals surface area contributed by atoms with E-state index in [0.29, 0.717) is 20.6 Å². The Balaban J connectivity index is 1.82. The number of hydrogen-bond donors (Lipinski definition) is 1. The molecular weight excluding hydrogens is 363 g/mol. The fourth-order valence-corrected chi connectivity index (χ4v) is 2.77. The summed E-state index contributed by atoms with van der Waals surface area (Å²) in [5.74, 6) is 0.0501. The van der Waals surface area contributed by atoms with Crippen molar-refractivity contribution in [3.63, 3.8) is 0 Å². The summed E-state index contributed by atoms with van der Waals surface area (Å²) in [6, 6.07) is 12.3. The Morgan fingerprint density at radius 3 is 2.45 bits per heavy atom. The Bertz CT molecular complexity index is 690. The van der Waals surface area contributed by atoms with Gasteiger partial charge < -0.3 is 0 Å². The molecule has 0 atom stereocenters. The molecule has 0 unspecified atom stereocenters. The standard InChI is InChI=1S/C15H11Cl3N2OS/c16-11-3-5-13(6-4-11)22-9-15(21)20-19-8-10-1-2-12(17)7-14(10)18/h1-8H,9H2,(H,20,21)/b19-8+. The minimum atomic E-state index is -0.207. The molecule has 1 amide bonds. The van der Waals surface area contributed by atoms with E-state index >= 15 is 0 Å². The summed E-state index contributed by atoms with van der Waals surface area (Å²) in [7, 11) is 0. The van der Waals surface area contributed by atoms with Crippen LogP contribution in [0.4, 0.5) is 0 Å². The highest BCUT2D eigenvalue weighted by Gasteiger charge is 2.02. The van der Waals surface area contributed by atoms with Gasteiger partial charge in [0, 0.05) is 20.5 Å². The fraction of sp³-hybridized carbons (Fsp3) is 0.0667. The van der Waals surface area contributed by atoms with E-state index < -0.39 is 0 Å². The van der Waals surface area contributed by atoms with E-state index in [1.807, 2.05) is 12.1 Å². The molecule has 0 saturated carbocycles. The van der Waals surface area contributed by atoms with Crippen molar-refractivity contribution in [2.24, 2.45) is 5.10 Å². The number of nitrogens with zero attached hydrogens (tertiary/aromatic N) is 1. The molecule has 0 radical (unpaired) electrons. The maximum atomic E-state index is 11.7. The van der Waals surface area contributed by atoms with Crippen LogP contribution < -0.4 is 5.43 Å². The molecule has 0 aliphatic rings. The van der Waals surface area contributed by atoms with Gasteiger partial charge >= 0.3 is 0 Å². The van der Waals surface area contributed by atoms with Crippen molar-refractivity contribution in [3.05, 3.63) is 63.1 Å². The van der Waals surface area contributed by atoms with Crippen molar-refractivity contribution in [3.8, 4) is 0 Å². The molecule has 7 heteroatoms. The highest BCUT2D eigenvalue weighted by atomic mass is 35.5. The number of thioether (sulfide) groups is 1. The van der Waals surface area contributed by atoms with Gasteiger partial charge in [-0.15, -0.1) is 11.8 Å². The second-order valence-corrected chi connectivity index (χ2v) is 6.53. The molecule has 0 saturated heterocycles. The van der Waals surface area contributed by atoms with Crippen molar-refractivity contribution in [1.82, 2.24) is 5.43 Å². The van der Waals surface area contributed by atoms with Crippen LogP contribution in [-0.4, -0.2) is 17.9 Å². The Kier molecular flexibility index (Phi) is 6.58. The lowest BCUT2D eigenvalue weighted by molar-refractivity contribution is -0.118. The first-order valence-electron chi connectivity index (χ1n) is 6.20. The first-order chi connectivity index (χ1) is 10.5. The number of benzene rings is 2. The lowest BCUT2D eigenvalue weighted by Crippen LogP contribution is -2.19. The average molecular weight is 374 g/mol. The summed E-state index contributed by atoms with van der Waals surface area (Å²) >= 11 is 19.0. The van der Waals surface area contributed by atoms with Crippen molar-refractivity contribution in [1.29, 1.82) is 0 Å². The molecule has 22 heavy (non-hydrogen) atoms. The van der Waals surface area contributed by atoms with Crippen LogP contribution in [0.25, 0.3) is 0 Å². The van der Waals surface area contributed by atoms with Crippen molar-refractivity contribution in [2.45, 2.75) is 4.90 Å². The molecule has 3 nitrogen and oxygen atoms in total. The van der Waals surface area contributed by atoms with E-state index in [9.17, 15) is 4.79 Å². The van der Waals surface area contributed by atoms with Gasteiger partial charge in [-0.25, -0.2) is 5.43 Å². The lowest BCUT2D eigenvalue weighted by atomic mass is 10.2. The molecule has 2 rings (SSSR count). The normalized spacial score (nSPS) is 10.9. The zero-order valence-electron chi connectivity index (χ0n) is 11.2. The van der Waals surface area contributed by atoms with Crippen LogP contribution >= 0.6 is 46.6 Å². The van der Waals surface area contributed by atoms with Crippen LogP contribution in [-0.2, 0) is 4.79 Å². The lowest BCUT2D eigenvalue weighted by Gasteiger charge is -2.01. The summed E-state index contributed by atoms with van der Waals surface area (Å²) in [6.45, 7) is 0. The van der Waals surface area contributed by atoms with E-state index in [4.69, 9.17) is 34.8 Å². The summed E-state index contributed by atoms with van der Waals surface area (Å²) in [6.07, 6.45) is 1.48. The molecule has 0 aromatic heterocycles. The maximum absolute atomic E-state index is 11.7. The molecule has 0 fully saturated rings. The van der Waals surface area contributed by atoms with E-state index in [-0.39, 0.29) is 11.7 Å². The number of carbonyl (C=O) groups is 1. The van der Waals surface area contributed by atoms with Crippen molar-refractivity contribution >= 4 is 58.7 Å². The number of nitrogens with one attached hydrogen (secondary N) is 1. The van der Waals surface area contributed by atoms with E-state index in [1.54, 1.807) is 30.3 Å². The number of amides is 1. The van der Waals surface area contributed by atoms with Gasteiger partial charge in [-0.05, 0) is 36.4 Å². The Labute approximate surface area is 147 Å². The number of carbonyl (C=O) groups excluding carboxylic acids is 1. The molecule has 1 N–H and O–H groups in total. The summed E-state index contributed by atoms with van der Waals surface area (Å²) in [5.41, 5.74) is 3.12. The minimum absolute atomic E-state index is 0.207. The maximum Gasteiger partial charge on any atom is 0.250 e. The Hall–Kier alpha value is -1.20. The molecule has 0 bridgehead atoms. The average Bonchev–Trinajstić information content (AvgIpc) is 2.49. The van der Waals surface area contributed by atoms with Gasteiger partial charge in [0.05, 0.1) is 17.0 Å². The van der Waals surface area contributed by atoms with Crippen LogP contribution in [0.15, 0.2) is 52.5 Å². The molecule has 0 heterocycles. The molecule has 0 spiro atoms. The second-order valence-electron chi connectivity index (χ2n) is 4.20. The van der Waals surface area contributed by atoms with Gasteiger partial charge in [-0.1, -0.05) is 40.9 Å². The zero-order chi connectivity index (χ0) is 15.9. The predicted octanol–water partition coefficient (Wildman–Crippen LogP) is 4.89. The third-order valence-corrected chi connectivity index (χ3v) is 4.37. The van der Waals surface area contributed by atoms with E-state index in [1.165, 1.54) is 18.0 Å². The van der Waals surface area contributed by atoms with Crippen LogP contribution in [0.5, 0.6) is 0 Å². The summed E-state index contributed by atoms with van der Waals surface area (Å²) < 4.78 is 0. The van der Waals surface area contributed by atoms with Crippen LogP contribution in [0, 0.1) is 0 Å². The molecule has 114 valence electrons. The summed E-state index contributed by atoms with van der Waals surface area (Å²) in [4.78, 5) is 12.6. The van der Waals surface area contributed by atoms with Gasteiger partial charge in [0.15, 0.2) is 0 Å². The number of halogens is 3. The van der Waals surface area contributed by atoms with Gasteiger partial charge in [0.1, 0.15) is 0 Å². The van der Waals surface area contributed by atoms with Crippen LogP contribution in [0.3, 0.4) is 0 Å². The number of hydrazone groups is 1. The number of hydrogen-bond acceptors (Lipinski definition) is 3.